The van der Waals surface area contributed by atoms with Crippen molar-refractivity contribution in [2.45, 2.75) is 33.2 Å². The lowest BCUT2D eigenvalue weighted by molar-refractivity contribution is -0.118. The number of aromatic amines is 1. The van der Waals surface area contributed by atoms with Crippen LogP contribution in [0.4, 0.5) is 5.69 Å². The number of nitrogens with one attached hydrogen (secondary N) is 1. The molecule has 0 fully saturated rings. The van der Waals surface area contributed by atoms with Crippen LogP contribution in [0.25, 0.3) is 10.9 Å². The normalized spacial score (nSPS) is 10.8. The van der Waals surface area contributed by atoms with Gasteiger partial charge in [0.1, 0.15) is 0 Å². The molecule has 0 aliphatic carbocycles. The lowest BCUT2D eigenvalue weighted by Crippen LogP contribution is -2.32. The number of carbonyl (C=O) groups excluding carboxylic acids is 1. The molecule has 0 atom stereocenters. The van der Waals surface area contributed by atoms with Crippen LogP contribution in [0.2, 0.25) is 0 Å². The molecule has 0 spiro atoms. The molecular weight excluding hydrogens is 312 g/mol. The average Bonchev–Trinajstić information content (AvgIpc) is 2.60. The molecule has 0 aliphatic rings. The third kappa shape index (κ3) is 3.79. The van der Waals surface area contributed by atoms with E-state index < -0.39 is 0 Å². The second-order valence-corrected chi connectivity index (χ2v) is 6.28. The quantitative estimate of drug-likeness (QED) is 0.761. The summed E-state index contributed by atoms with van der Waals surface area (Å²) in [5.74, 6) is 0.0284. The highest BCUT2D eigenvalue weighted by Crippen LogP contribution is 2.20. The van der Waals surface area contributed by atoms with Gasteiger partial charge in [-0.05, 0) is 48.6 Å². The van der Waals surface area contributed by atoms with Crippen LogP contribution in [-0.2, 0) is 11.3 Å². The Morgan fingerprint density at radius 3 is 2.64 bits per heavy atom. The monoisotopic (exact) mass is 334 g/mol. The van der Waals surface area contributed by atoms with Gasteiger partial charge in [-0.1, -0.05) is 37.3 Å². The minimum absolute atomic E-state index is 0.0284. The number of carbonyl (C=O) groups is 1. The molecule has 3 aromatic rings. The number of rotatable bonds is 5. The molecule has 128 valence electrons. The predicted octanol–water partition coefficient (Wildman–Crippen LogP) is 4.17. The number of hydrogen-bond donors (Lipinski definition) is 1. The number of nitrogens with zero attached hydrogens (tertiary/aromatic N) is 1. The van der Waals surface area contributed by atoms with Crippen molar-refractivity contribution in [3.8, 4) is 0 Å². The van der Waals surface area contributed by atoms with Gasteiger partial charge in [0.15, 0.2) is 0 Å². The van der Waals surface area contributed by atoms with Crippen LogP contribution in [0, 0.1) is 6.92 Å². The highest BCUT2D eigenvalue weighted by molar-refractivity contribution is 5.93. The van der Waals surface area contributed by atoms with Crippen LogP contribution >= 0.6 is 0 Å². The van der Waals surface area contributed by atoms with Crippen molar-refractivity contribution < 1.29 is 4.79 Å². The first-order valence-corrected chi connectivity index (χ1v) is 8.56. The van der Waals surface area contributed by atoms with Crippen molar-refractivity contribution in [3.63, 3.8) is 0 Å². The topological polar surface area (TPSA) is 53.2 Å². The Bertz CT molecular complexity index is 959. The Morgan fingerprint density at radius 1 is 1.08 bits per heavy atom. The maximum Gasteiger partial charge on any atom is 0.253 e. The van der Waals surface area contributed by atoms with Crippen molar-refractivity contribution in [1.82, 2.24) is 4.98 Å². The molecule has 4 heteroatoms. The number of anilines is 1. The molecule has 1 N–H and O–H groups in total. The first-order valence-electron chi connectivity index (χ1n) is 8.56. The van der Waals surface area contributed by atoms with Gasteiger partial charge in [-0.25, -0.2) is 0 Å². The summed E-state index contributed by atoms with van der Waals surface area (Å²) in [5, 5.41) is 0.962. The molecule has 0 radical (unpaired) electrons. The van der Waals surface area contributed by atoms with E-state index in [4.69, 9.17) is 0 Å². The van der Waals surface area contributed by atoms with Crippen LogP contribution in [-0.4, -0.2) is 10.9 Å². The van der Waals surface area contributed by atoms with Gasteiger partial charge in [0, 0.05) is 23.2 Å². The smallest absolute Gasteiger partial charge is 0.253 e. The van der Waals surface area contributed by atoms with Crippen LogP contribution in [0.15, 0.2) is 59.4 Å². The summed E-state index contributed by atoms with van der Waals surface area (Å²) in [6.07, 6.45) is 1.23. The fraction of sp³-hybridized carbons (Fsp3) is 0.238. The van der Waals surface area contributed by atoms with Crippen LogP contribution < -0.4 is 10.5 Å². The van der Waals surface area contributed by atoms with Crippen molar-refractivity contribution >= 4 is 22.5 Å². The Morgan fingerprint density at radius 2 is 1.88 bits per heavy atom. The molecule has 25 heavy (non-hydrogen) atoms. The van der Waals surface area contributed by atoms with Crippen molar-refractivity contribution in [3.05, 3.63) is 76.1 Å². The molecule has 2 aromatic carbocycles. The van der Waals surface area contributed by atoms with E-state index in [1.165, 1.54) is 0 Å². The summed E-state index contributed by atoms with van der Waals surface area (Å²) in [6.45, 7) is 4.24. The van der Waals surface area contributed by atoms with E-state index in [0.29, 0.717) is 12.0 Å². The number of amides is 1. The van der Waals surface area contributed by atoms with Crippen molar-refractivity contribution in [2.24, 2.45) is 0 Å². The summed E-state index contributed by atoms with van der Waals surface area (Å²) in [7, 11) is 0. The largest absolute Gasteiger partial charge is 0.322 e. The Kier molecular flexibility index (Phi) is 4.98. The maximum atomic E-state index is 12.6. The van der Waals surface area contributed by atoms with Gasteiger partial charge in [0.2, 0.25) is 5.91 Å². The number of pyridine rings is 1. The van der Waals surface area contributed by atoms with E-state index in [1.807, 2.05) is 68.4 Å². The SMILES string of the molecule is CCCC(=O)N(Cc1cc2ccccc2[nH]c1=O)c1cccc(C)c1. The number of aryl methyl sites for hydroxylation is 1. The summed E-state index contributed by atoms with van der Waals surface area (Å²) in [5.41, 5.74) is 3.15. The summed E-state index contributed by atoms with van der Waals surface area (Å²) < 4.78 is 0. The van der Waals surface area contributed by atoms with Crippen LogP contribution in [0.3, 0.4) is 0 Å². The Balaban J connectivity index is 2.01. The van der Waals surface area contributed by atoms with E-state index in [9.17, 15) is 9.59 Å². The second-order valence-electron chi connectivity index (χ2n) is 6.28. The summed E-state index contributed by atoms with van der Waals surface area (Å²) >= 11 is 0. The zero-order chi connectivity index (χ0) is 17.8. The van der Waals surface area contributed by atoms with E-state index in [-0.39, 0.29) is 18.0 Å². The maximum absolute atomic E-state index is 12.6. The molecule has 0 bridgehead atoms. The van der Waals surface area contributed by atoms with E-state index in [1.54, 1.807) is 4.90 Å². The summed E-state index contributed by atoms with van der Waals surface area (Å²) in [6, 6.07) is 17.3. The lowest BCUT2D eigenvalue weighted by atomic mass is 10.1. The number of hydrogen-bond acceptors (Lipinski definition) is 2. The molecule has 4 nitrogen and oxygen atoms in total. The second kappa shape index (κ2) is 7.34. The number of H-pyrrole nitrogens is 1. The molecule has 0 saturated carbocycles. The molecule has 1 amide bonds. The zero-order valence-corrected chi connectivity index (χ0v) is 14.6. The first-order chi connectivity index (χ1) is 12.1. The lowest BCUT2D eigenvalue weighted by Gasteiger charge is -2.23. The van der Waals surface area contributed by atoms with Gasteiger partial charge in [-0.3, -0.25) is 9.59 Å². The molecule has 0 saturated heterocycles. The number of aromatic nitrogens is 1. The first kappa shape index (κ1) is 17.0. The average molecular weight is 334 g/mol. The number of fused-ring (bicyclic) bond motifs is 1. The molecule has 1 aromatic heterocycles. The third-order valence-electron chi connectivity index (χ3n) is 4.24. The summed E-state index contributed by atoms with van der Waals surface area (Å²) in [4.78, 5) is 29.7. The molecule has 3 rings (SSSR count). The molecule has 0 unspecified atom stereocenters. The molecule has 0 aliphatic heterocycles. The molecule has 1 heterocycles. The highest BCUT2D eigenvalue weighted by atomic mass is 16.2. The predicted molar refractivity (Wildman–Crippen MR) is 102 cm³/mol. The standard InChI is InChI=1S/C21H22N2O2/c1-3-7-20(24)23(18-10-6-8-15(2)12-18)14-17-13-16-9-4-5-11-19(16)22-21(17)25/h4-6,8-13H,3,7,14H2,1-2H3,(H,22,25). The van der Waals surface area contributed by atoms with Gasteiger partial charge in [-0.15, -0.1) is 0 Å². The van der Waals surface area contributed by atoms with Gasteiger partial charge in [-0.2, -0.15) is 0 Å². The Labute approximate surface area is 147 Å². The van der Waals surface area contributed by atoms with Crippen molar-refractivity contribution in [2.75, 3.05) is 4.90 Å². The van der Waals surface area contributed by atoms with E-state index in [2.05, 4.69) is 4.98 Å². The van der Waals surface area contributed by atoms with E-state index >= 15 is 0 Å². The molecular formula is C21H22N2O2. The zero-order valence-electron chi connectivity index (χ0n) is 14.6. The van der Waals surface area contributed by atoms with Gasteiger partial charge < -0.3 is 9.88 Å². The van der Waals surface area contributed by atoms with Crippen molar-refractivity contribution in [1.29, 1.82) is 0 Å². The highest BCUT2D eigenvalue weighted by Gasteiger charge is 2.17. The fourth-order valence-electron chi connectivity index (χ4n) is 2.95. The Hall–Kier alpha value is -2.88. The fourth-order valence-corrected chi connectivity index (χ4v) is 2.95. The van der Waals surface area contributed by atoms with Crippen LogP contribution in [0.5, 0.6) is 0 Å². The minimum Gasteiger partial charge on any atom is -0.322 e. The van der Waals surface area contributed by atoms with Crippen LogP contribution in [0.1, 0.15) is 30.9 Å². The van der Waals surface area contributed by atoms with E-state index in [0.717, 1.165) is 28.6 Å². The minimum atomic E-state index is -0.152. The van der Waals surface area contributed by atoms with Gasteiger partial charge >= 0.3 is 0 Å². The van der Waals surface area contributed by atoms with Gasteiger partial charge in [0.25, 0.3) is 5.56 Å². The third-order valence-corrected chi connectivity index (χ3v) is 4.24. The number of benzene rings is 2. The van der Waals surface area contributed by atoms with Gasteiger partial charge in [0.05, 0.1) is 6.54 Å². The number of para-hydroxylation sites is 1.